The molecular weight excluding hydrogens is 336 g/mol. The van der Waals surface area contributed by atoms with E-state index in [0.717, 1.165) is 11.5 Å². The van der Waals surface area contributed by atoms with E-state index in [2.05, 4.69) is 26.0 Å². The third-order valence-corrected chi connectivity index (χ3v) is 4.47. The van der Waals surface area contributed by atoms with Gasteiger partial charge in [-0.2, -0.15) is 0 Å². The van der Waals surface area contributed by atoms with Crippen LogP contribution in [-0.2, 0) is 5.41 Å². The van der Waals surface area contributed by atoms with Gasteiger partial charge in [-0.3, -0.25) is 0 Å². The molecule has 0 fully saturated rings. The first-order chi connectivity index (χ1) is 12.0. The van der Waals surface area contributed by atoms with E-state index in [-0.39, 0.29) is 17.9 Å². The maximum atomic E-state index is 9.46. The van der Waals surface area contributed by atoms with Gasteiger partial charge in [0.25, 0.3) is 0 Å². The van der Waals surface area contributed by atoms with Gasteiger partial charge >= 0.3 is 0 Å². The molecular formula is C21H25ClO3. The molecule has 0 amide bonds. The average Bonchev–Trinajstić information content (AvgIpc) is 2.65. The summed E-state index contributed by atoms with van der Waals surface area (Å²) in [4.78, 5) is 0. The molecule has 0 aromatic heterocycles. The van der Waals surface area contributed by atoms with Crippen LogP contribution in [0.1, 0.15) is 31.9 Å². The fourth-order valence-corrected chi connectivity index (χ4v) is 2.56. The highest BCUT2D eigenvalue weighted by atomic mass is 35.5. The van der Waals surface area contributed by atoms with Crippen molar-refractivity contribution in [1.29, 1.82) is 0 Å². The summed E-state index contributed by atoms with van der Waals surface area (Å²) >= 11 is 5.57. The van der Waals surface area contributed by atoms with E-state index in [1.54, 1.807) is 6.61 Å². The van der Waals surface area contributed by atoms with Crippen molar-refractivity contribution in [2.24, 2.45) is 0 Å². The molecule has 0 aliphatic heterocycles. The summed E-state index contributed by atoms with van der Waals surface area (Å²) < 4.78 is 11.0. The first-order valence-corrected chi connectivity index (χ1v) is 8.86. The standard InChI is InChI=1S/C21H25ClO3/c1-4-13-24-19-9-5-16(6-10-19)21(2,3)17-7-11-20(12-8-17)25-15-18(23)14-22/h4-13,18,23H,14-15H2,1-3H3/t18-/m1/s1. The number of hydrogen-bond donors (Lipinski definition) is 1. The zero-order valence-corrected chi connectivity index (χ0v) is 15.7. The summed E-state index contributed by atoms with van der Waals surface area (Å²) in [7, 11) is 0. The van der Waals surface area contributed by atoms with E-state index in [1.807, 2.05) is 49.7 Å². The molecule has 2 rings (SSSR count). The largest absolute Gasteiger partial charge is 0.491 e. The summed E-state index contributed by atoms with van der Waals surface area (Å²) in [5.41, 5.74) is 2.24. The predicted molar refractivity (Wildman–Crippen MR) is 102 cm³/mol. The molecule has 0 saturated carbocycles. The van der Waals surface area contributed by atoms with Crippen LogP contribution >= 0.6 is 11.6 Å². The van der Waals surface area contributed by atoms with E-state index in [9.17, 15) is 5.11 Å². The minimum atomic E-state index is -0.652. The van der Waals surface area contributed by atoms with Gasteiger partial charge in [-0.25, -0.2) is 0 Å². The Bertz CT molecular complexity index is 635. The third-order valence-electron chi connectivity index (χ3n) is 4.11. The summed E-state index contributed by atoms with van der Waals surface area (Å²) in [6.07, 6.45) is 1.20. The smallest absolute Gasteiger partial charge is 0.139 e. The molecule has 0 heterocycles. The maximum Gasteiger partial charge on any atom is 0.139 e. The average molecular weight is 361 g/mol. The van der Waals surface area contributed by atoms with E-state index < -0.39 is 6.10 Å². The molecule has 134 valence electrons. The summed E-state index contributed by atoms with van der Waals surface area (Å²) in [5.74, 6) is 1.71. The van der Waals surface area contributed by atoms with Gasteiger partial charge < -0.3 is 14.6 Å². The van der Waals surface area contributed by atoms with Crippen molar-refractivity contribution < 1.29 is 14.6 Å². The van der Waals surface area contributed by atoms with Crippen LogP contribution < -0.4 is 9.47 Å². The van der Waals surface area contributed by atoms with Crippen LogP contribution in [0.5, 0.6) is 11.5 Å². The van der Waals surface area contributed by atoms with E-state index in [4.69, 9.17) is 21.1 Å². The van der Waals surface area contributed by atoms with Crippen molar-refractivity contribution in [3.63, 3.8) is 0 Å². The van der Waals surface area contributed by atoms with Gasteiger partial charge in [-0.05, 0) is 35.4 Å². The van der Waals surface area contributed by atoms with Crippen molar-refractivity contribution in [3.8, 4) is 11.5 Å². The maximum absolute atomic E-state index is 9.46. The monoisotopic (exact) mass is 360 g/mol. The van der Waals surface area contributed by atoms with Crippen LogP contribution in [0.4, 0.5) is 0 Å². The minimum Gasteiger partial charge on any atom is -0.491 e. The van der Waals surface area contributed by atoms with Crippen LogP contribution in [0.25, 0.3) is 0 Å². The second kappa shape index (κ2) is 9.12. The van der Waals surface area contributed by atoms with Crippen molar-refractivity contribution >= 4 is 11.6 Å². The van der Waals surface area contributed by atoms with Gasteiger partial charge in [-0.1, -0.05) is 45.0 Å². The number of benzene rings is 2. The number of ether oxygens (including phenoxy) is 2. The lowest BCUT2D eigenvalue weighted by molar-refractivity contribution is 0.125. The molecule has 2 radical (unpaired) electrons. The number of aliphatic hydroxyl groups is 1. The Morgan fingerprint density at radius 3 is 2.00 bits per heavy atom. The second-order valence-corrected chi connectivity index (χ2v) is 6.69. The quantitative estimate of drug-likeness (QED) is 0.655. The first kappa shape index (κ1) is 19.6. The topological polar surface area (TPSA) is 38.7 Å². The van der Waals surface area contributed by atoms with Gasteiger partial charge in [0.1, 0.15) is 30.8 Å². The van der Waals surface area contributed by atoms with Crippen LogP contribution in [0, 0.1) is 13.0 Å². The van der Waals surface area contributed by atoms with Crippen LogP contribution in [-0.4, -0.2) is 23.7 Å². The van der Waals surface area contributed by atoms with Crippen molar-refractivity contribution in [1.82, 2.24) is 0 Å². The molecule has 0 spiro atoms. The first-order valence-electron chi connectivity index (χ1n) is 8.33. The number of aliphatic hydroxyl groups excluding tert-OH is 1. The lowest BCUT2D eigenvalue weighted by Crippen LogP contribution is -2.20. The van der Waals surface area contributed by atoms with Gasteiger partial charge in [0.15, 0.2) is 0 Å². The Morgan fingerprint density at radius 1 is 1.00 bits per heavy atom. The fourth-order valence-electron chi connectivity index (χ4n) is 2.47. The molecule has 0 saturated heterocycles. The molecule has 0 aliphatic carbocycles. The second-order valence-electron chi connectivity index (χ2n) is 6.38. The summed E-state index contributed by atoms with van der Waals surface area (Å²) in [6, 6.07) is 16.0. The van der Waals surface area contributed by atoms with E-state index >= 15 is 0 Å². The van der Waals surface area contributed by atoms with Crippen molar-refractivity contribution in [2.45, 2.75) is 32.3 Å². The van der Waals surface area contributed by atoms with Gasteiger partial charge in [0.05, 0.1) is 5.88 Å². The highest BCUT2D eigenvalue weighted by molar-refractivity contribution is 6.18. The normalized spacial score (nSPS) is 12.7. The molecule has 1 N–H and O–H groups in total. The Hall–Kier alpha value is -1.71. The fraction of sp³-hybridized carbons (Fsp3) is 0.333. The molecule has 0 aliphatic rings. The molecule has 0 bridgehead atoms. The zero-order chi connectivity index (χ0) is 18.3. The van der Waals surface area contributed by atoms with Crippen molar-refractivity contribution in [3.05, 3.63) is 72.7 Å². The lowest BCUT2D eigenvalue weighted by atomic mass is 9.78. The summed E-state index contributed by atoms with van der Waals surface area (Å²) in [5, 5.41) is 9.46. The molecule has 2 aromatic carbocycles. The van der Waals surface area contributed by atoms with Crippen molar-refractivity contribution in [2.75, 3.05) is 12.5 Å². The Balaban J connectivity index is 2.07. The Labute approximate surface area is 155 Å². The van der Waals surface area contributed by atoms with Gasteiger partial charge in [-0.15, -0.1) is 11.6 Å². The highest BCUT2D eigenvalue weighted by Crippen LogP contribution is 2.33. The molecule has 1 atom stereocenters. The molecule has 25 heavy (non-hydrogen) atoms. The number of alkyl halides is 1. The number of rotatable bonds is 9. The van der Waals surface area contributed by atoms with Gasteiger partial charge in [0.2, 0.25) is 0 Å². The Kier molecular flexibility index (Phi) is 7.15. The summed E-state index contributed by atoms with van der Waals surface area (Å²) in [6.45, 7) is 8.14. The molecule has 0 unspecified atom stereocenters. The van der Waals surface area contributed by atoms with Crippen LogP contribution in [0.15, 0.2) is 48.5 Å². The van der Waals surface area contributed by atoms with Gasteiger partial charge in [0, 0.05) is 11.8 Å². The molecule has 2 aromatic rings. The molecule has 4 heteroatoms. The number of hydrogen-bond acceptors (Lipinski definition) is 3. The Morgan fingerprint density at radius 2 is 1.52 bits per heavy atom. The van der Waals surface area contributed by atoms with Crippen LogP contribution in [0.3, 0.4) is 0 Å². The molecule has 3 nitrogen and oxygen atoms in total. The predicted octanol–water partition coefficient (Wildman–Crippen LogP) is 4.76. The van der Waals surface area contributed by atoms with E-state index in [1.165, 1.54) is 11.1 Å². The third kappa shape index (κ3) is 5.38. The SMILES string of the molecule is C[CH][CH]Oc1ccc(C(C)(C)c2ccc(OC[C@H](O)CCl)cc2)cc1. The van der Waals surface area contributed by atoms with Crippen LogP contribution in [0.2, 0.25) is 0 Å². The van der Waals surface area contributed by atoms with E-state index in [0.29, 0.717) is 0 Å². The number of halogens is 1. The lowest BCUT2D eigenvalue weighted by Gasteiger charge is -2.26. The highest BCUT2D eigenvalue weighted by Gasteiger charge is 2.23. The minimum absolute atomic E-state index is 0.146. The zero-order valence-electron chi connectivity index (χ0n) is 14.9.